The first-order chi connectivity index (χ1) is 11.9. The minimum absolute atomic E-state index is 0.200. The SMILES string of the molecule is COc1c(C2C(C(N)=O)OC(C)(C(F)(F)F)C2C)ccc(F)c1C(F)F. The van der Waals surface area contributed by atoms with Crippen LogP contribution in [0.1, 0.15) is 37.3 Å². The summed E-state index contributed by atoms with van der Waals surface area (Å²) in [5.74, 6) is -5.84. The number of halogens is 6. The number of rotatable bonds is 4. The Hall–Kier alpha value is -1.97. The van der Waals surface area contributed by atoms with Crippen molar-refractivity contribution < 1.29 is 40.6 Å². The topological polar surface area (TPSA) is 61.5 Å². The van der Waals surface area contributed by atoms with Crippen molar-refractivity contribution in [2.45, 2.75) is 44.1 Å². The maximum Gasteiger partial charge on any atom is 0.417 e. The van der Waals surface area contributed by atoms with Crippen LogP contribution < -0.4 is 10.5 Å². The van der Waals surface area contributed by atoms with Gasteiger partial charge < -0.3 is 15.2 Å². The van der Waals surface area contributed by atoms with Crippen LogP contribution in [0, 0.1) is 11.7 Å². The smallest absolute Gasteiger partial charge is 0.417 e. The number of carbonyl (C=O) groups is 1. The van der Waals surface area contributed by atoms with E-state index < -0.39 is 59.2 Å². The normalized spacial score (nSPS) is 29.2. The van der Waals surface area contributed by atoms with Gasteiger partial charge >= 0.3 is 6.18 Å². The molecule has 1 aliphatic heterocycles. The molecule has 10 heteroatoms. The van der Waals surface area contributed by atoms with Gasteiger partial charge in [0.1, 0.15) is 17.7 Å². The van der Waals surface area contributed by atoms with E-state index in [1.54, 1.807) is 0 Å². The number of methoxy groups -OCH3 is 1. The molecular formula is C16H17F6NO3. The average molecular weight is 385 g/mol. The first-order valence-electron chi connectivity index (χ1n) is 7.55. The summed E-state index contributed by atoms with van der Waals surface area (Å²) in [5.41, 5.74) is 1.13. The number of carbonyl (C=O) groups excluding carboxylic acids is 1. The van der Waals surface area contributed by atoms with Crippen LogP contribution in [0.25, 0.3) is 0 Å². The molecule has 146 valence electrons. The molecule has 1 fully saturated rings. The van der Waals surface area contributed by atoms with E-state index in [0.717, 1.165) is 27.0 Å². The first kappa shape index (κ1) is 20.3. The second-order valence-corrected chi connectivity index (χ2v) is 6.24. The van der Waals surface area contributed by atoms with Gasteiger partial charge in [-0.05, 0) is 13.0 Å². The number of ether oxygens (including phenoxy) is 2. The van der Waals surface area contributed by atoms with Crippen molar-refractivity contribution in [3.8, 4) is 5.75 Å². The highest BCUT2D eigenvalue weighted by Gasteiger charge is 2.65. The van der Waals surface area contributed by atoms with Gasteiger partial charge in [-0.25, -0.2) is 13.2 Å². The Labute approximate surface area is 145 Å². The molecule has 1 aromatic rings. The summed E-state index contributed by atoms with van der Waals surface area (Å²) in [6, 6.07) is 1.69. The van der Waals surface area contributed by atoms with E-state index in [9.17, 15) is 31.1 Å². The van der Waals surface area contributed by atoms with Crippen molar-refractivity contribution in [2.75, 3.05) is 7.11 Å². The third-order valence-corrected chi connectivity index (χ3v) is 4.90. The Balaban J connectivity index is 2.69. The quantitative estimate of drug-likeness (QED) is 0.804. The Morgan fingerprint density at radius 2 is 1.92 bits per heavy atom. The Morgan fingerprint density at radius 1 is 1.35 bits per heavy atom. The van der Waals surface area contributed by atoms with E-state index in [0.29, 0.717) is 6.07 Å². The van der Waals surface area contributed by atoms with Crippen molar-refractivity contribution in [1.82, 2.24) is 0 Å². The van der Waals surface area contributed by atoms with E-state index in [4.69, 9.17) is 15.2 Å². The predicted molar refractivity (Wildman–Crippen MR) is 78.3 cm³/mol. The largest absolute Gasteiger partial charge is 0.496 e. The molecule has 1 amide bonds. The number of alkyl halides is 5. The van der Waals surface area contributed by atoms with Gasteiger partial charge in [-0.3, -0.25) is 4.79 Å². The zero-order chi connectivity index (χ0) is 20.0. The van der Waals surface area contributed by atoms with Crippen molar-refractivity contribution in [1.29, 1.82) is 0 Å². The highest BCUT2D eigenvalue weighted by molar-refractivity contribution is 5.81. The zero-order valence-corrected chi connectivity index (χ0v) is 14.0. The summed E-state index contributed by atoms with van der Waals surface area (Å²) in [6.07, 6.45) is -9.88. The molecule has 1 saturated heterocycles. The lowest BCUT2D eigenvalue weighted by molar-refractivity contribution is -0.272. The molecule has 0 radical (unpaired) electrons. The zero-order valence-electron chi connectivity index (χ0n) is 14.0. The summed E-state index contributed by atoms with van der Waals surface area (Å²) in [7, 11) is 0.979. The standard InChI is InChI=1S/C16H17F6NO3/c1-6-9(12(14(23)24)26-15(6,2)16(20,21)22)7-4-5-8(17)10(13(18)19)11(7)25-3/h4-6,9,12-13H,1-3H3,(H2,23,24). The van der Waals surface area contributed by atoms with Crippen LogP contribution >= 0.6 is 0 Å². The van der Waals surface area contributed by atoms with Crippen molar-refractivity contribution >= 4 is 5.91 Å². The maximum atomic E-state index is 13.8. The molecule has 0 spiro atoms. The van der Waals surface area contributed by atoms with Crippen LogP contribution in [0.15, 0.2) is 12.1 Å². The van der Waals surface area contributed by atoms with E-state index in [1.165, 1.54) is 0 Å². The van der Waals surface area contributed by atoms with Crippen LogP contribution in [0.4, 0.5) is 26.3 Å². The lowest BCUT2D eigenvalue weighted by atomic mass is 9.76. The fourth-order valence-electron chi connectivity index (χ4n) is 3.33. The van der Waals surface area contributed by atoms with E-state index in [-0.39, 0.29) is 5.56 Å². The molecule has 4 unspecified atom stereocenters. The predicted octanol–water partition coefficient (Wildman–Crippen LogP) is 3.70. The van der Waals surface area contributed by atoms with Gasteiger partial charge in [0.05, 0.1) is 12.7 Å². The fraction of sp³-hybridized carbons (Fsp3) is 0.562. The molecule has 1 aromatic carbocycles. The Morgan fingerprint density at radius 3 is 2.35 bits per heavy atom. The third kappa shape index (κ3) is 3.00. The highest BCUT2D eigenvalue weighted by Crippen LogP contribution is 2.55. The van der Waals surface area contributed by atoms with Crippen LogP contribution in [-0.4, -0.2) is 30.9 Å². The lowest BCUT2D eigenvalue weighted by Gasteiger charge is -2.32. The molecule has 1 heterocycles. The number of benzene rings is 1. The molecule has 0 bridgehead atoms. The summed E-state index contributed by atoms with van der Waals surface area (Å²) in [5, 5.41) is 0. The number of amides is 1. The first-order valence-corrected chi connectivity index (χ1v) is 7.55. The Kier molecular flexibility index (Phi) is 5.19. The van der Waals surface area contributed by atoms with Crippen molar-refractivity contribution in [3.05, 3.63) is 29.1 Å². The molecule has 4 atom stereocenters. The lowest BCUT2D eigenvalue weighted by Crippen LogP contribution is -2.47. The second-order valence-electron chi connectivity index (χ2n) is 6.24. The molecule has 26 heavy (non-hydrogen) atoms. The molecule has 1 aliphatic rings. The highest BCUT2D eigenvalue weighted by atomic mass is 19.4. The molecule has 0 saturated carbocycles. The Bertz CT molecular complexity index is 708. The van der Waals surface area contributed by atoms with Crippen molar-refractivity contribution in [2.24, 2.45) is 11.7 Å². The van der Waals surface area contributed by atoms with E-state index in [1.807, 2.05) is 0 Å². The van der Waals surface area contributed by atoms with E-state index >= 15 is 0 Å². The summed E-state index contributed by atoms with van der Waals surface area (Å²) in [4.78, 5) is 11.7. The fourth-order valence-corrected chi connectivity index (χ4v) is 3.33. The number of hydrogen-bond acceptors (Lipinski definition) is 3. The van der Waals surface area contributed by atoms with Gasteiger partial charge in [0.25, 0.3) is 6.43 Å². The van der Waals surface area contributed by atoms with Gasteiger partial charge in [0.2, 0.25) is 5.91 Å². The minimum Gasteiger partial charge on any atom is -0.496 e. The summed E-state index contributed by atoms with van der Waals surface area (Å²) < 4.78 is 90.5. The van der Waals surface area contributed by atoms with Crippen LogP contribution in [-0.2, 0) is 9.53 Å². The van der Waals surface area contributed by atoms with Gasteiger partial charge in [0.15, 0.2) is 5.60 Å². The monoisotopic (exact) mass is 385 g/mol. The molecular weight excluding hydrogens is 368 g/mol. The summed E-state index contributed by atoms with van der Waals surface area (Å²) in [6.45, 7) is 1.91. The molecule has 4 nitrogen and oxygen atoms in total. The number of primary amides is 1. The van der Waals surface area contributed by atoms with Gasteiger partial charge in [-0.15, -0.1) is 0 Å². The van der Waals surface area contributed by atoms with Gasteiger partial charge in [0, 0.05) is 17.4 Å². The number of nitrogens with two attached hydrogens (primary N) is 1. The number of hydrogen-bond donors (Lipinski definition) is 1. The van der Waals surface area contributed by atoms with Gasteiger partial charge in [-0.1, -0.05) is 13.0 Å². The van der Waals surface area contributed by atoms with Crippen LogP contribution in [0.3, 0.4) is 0 Å². The van der Waals surface area contributed by atoms with Crippen LogP contribution in [0.5, 0.6) is 5.75 Å². The third-order valence-electron chi connectivity index (χ3n) is 4.90. The molecule has 2 rings (SSSR count). The van der Waals surface area contributed by atoms with Crippen LogP contribution in [0.2, 0.25) is 0 Å². The molecule has 2 N–H and O–H groups in total. The maximum absolute atomic E-state index is 13.8. The van der Waals surface area contributed by atoms with E-state index in [2.05, 4.69) is 0 Å². The summed E-state index contributed by atoms with van der Waals surface area (Å²) >= 11 is 0. The second kappa shape index (κ2) is 6.64. The van der Waals surface area contributed by atoms with Crippen molar-refractivity contribution in [3.63, 3.8) is 0 Å². The molecule has 0 aliphatic carbocycles. The molecule has 0 aromatic heterocycles. The minimum atomic E-state index is -4.85. The van der Waals surface area contributed by atoms with Gasteiger partial charge in [-0.2, -0.15) is 13.2 Å². The average Bonchev–Trinajstić information content (AvgIpc) is 2.79.